The maximum Gasteiger partial charge on any atom is 0.586 e. The van der Waals surface area contributed by atoms with E-state index < -0.39 is 12.3 Å². The zero-order chi connectivity index (χ0) is 14.5. The number of alkyl halides is 2. The first-order chi connectivity index (χ1) is 9.35. The number of rotatable bonds is 2. The Morgan fingerprint density at radius 2 is 2.00 bits per heavy atom. The molecule has 20 heavy (non-hydrogen) atoms. The molecule has 1 aromatic carbocycles. The van der Waals surface area contributed by atoms with Crippen LogP contribution in [0.3, 0.4) is 0 Å². The van der Waals surface area contributed by atoms with Crippen molar-refractivity contribution in [1.29, 1.82) is 0 Å². The number of carboxylic acid groups (broad SMARTS) is 1. The summed E-state index contributed by atoms with van der Waals surface area (Å²) in [6.07, 6.45) is -3.68. The Bertz CT molecular complexity index is 711. The van der Waals surface area contributed by atoms with Crippen LogP contribution in [0.5, 0.6) is 11.5 Å². The maximum atomic E-state index is 12.9. The molecule has 0 atom stereocenters. The summed E-state index contributed by atoms with van der Waals surface area (Å²) in [5.41, 5.74) is 0.821. The first-order valence-electron chi connectivity index (χ1n) is 5.53. The van der Waals surface area contributed by atoms with Gasteiger partial charge in [0.05, 0.1) is 5.69 Å². The van der Waals surface area contributed by atoms with E-state index >= 15 is 0 Å². The minimum absolute atomic E-state index is 0.0700. The lowest BCUT2D eigenvalue weighted by Crippen LogP contribution is -2.25. The van der Waals surface area contributed by atoms with Crippen LogP contribution in [0.1, 0.15) is 10.5 Å². The Hall–Kier alpha value is -2.64. The fourth-order valence-electron chi connectivity index (χ4n) is 1.95. The zero-order valence-corrected chi connectivity index (χ0v) is 10.1. The van der Waals surface area contributed by atoms with Crippen LogP contribution in [-0.2, 0) is 7.05 Å². The van der Waals surface area contributed by atoms with E-state index in [0.717, 1.165) is 0 Å². The van der Waals surface area contributed by atoms with Crippen LogP contribution >= 0.6 is 0 Å². The van der Waals surface area contributed by atoms with Gasteiger partial charge in [0.1, 0.15) is 0 Å². The number of hydrogen-bond donors (Lipinski definition) is 1. The first-order valence-corrected chi connectivity index (χ1v) is 5.53. The third kappa shape index (κ3) is 1.94. The third-order valence-electron chi connectivity index (χ3n) is 2.80. The predicted octanol–water partition coefficient (Wildman–Crippen LogP) is 2.11. The van der Waals surface area contributed by atoms with E-state index in [0.29, 0.717) is 11.3 Å². The largest absolute Gasteiger partial charge is 0.586 e. The van der Waals surface area contributed by atoms with Crippen molar-refractivity contribution in [3.63, 3.8) is 0 Å². The molecular formula is C12H8F2N2O4. The highest BCUT2D eigenvalue weighted by molar-refractivity contribution is 5.87. The summed E-state index contributed by atoms with van der Waals surface area (Å²) >= 11 is 0. The Labute approximate surface area is 111 Å². The number of carboxylic acids is 1. The maximum absolute atomic E-state index is 12.9. The number of benzene rings is 1. The molecule has 0 radical (unpaired) electrons. The van der Waals surface area contributed by atoms with Gasteiger partial charge in [-0.25, -0.2) is 4.79 Å². The number of carbonyl (C=O) groups is 1. The molecule has 0 fully saturated rings. The van der Waals surface area contributed by atoms with Gasteiger partial charge in [-0.15, -0.1) is 8.78 Å². The molecule has 1 aromatic heterocycles. The summed E-state index contributed by atoms with van der Waals surface area (Å²) < 4.78 is 35.8. The van der Waals surface area contributed by atoms with Crippen molar-refractivity contribution in [2.45, 2.75) is 6.29 Å². The van der Waals surface area contributed by atoms with E-state index in [1.165, 1.54) is 28.9 Å². The van der Waals surface area contributed by atoms with E-state index in [-0.39, 0.29) is 17.2 Å². The highest BCUT2D eigenvalue weighted by Crippen LogP contribution is 2.42. The van der Waals surface area contributed by atoms with E-state index in [2.05, 4.69) is 14.6 Å². The molecule has 0 saturated carbocycles. The average molecular weight is 282 g/mol. The van der Waals surface area contributed by atoms with Crippen LogP contribution in [0.25, 0.3) is 11.3 Å². The van der Waals surface area contributed by atoms with Crippen LogP contribution in [0.2, 0.25) is 0 Å². The molecule has 0 amide bonds. The minimum atomic E-state index is -3.68. The van der Waals surface area contributed by atoms with Gasteiger partial charge in [-0.3, -0.25) is 4.68 Å². The molecule has 0 saturated heterocycles. The highest BCUT2D eigenvalue weighted by atomic mass is 19.3. The summed E-state index contributed by atoms with van der Waals surface area (Å²) in [6.45, 7) is 0. The van der Waals surface area contributed by atoms with E-state index in [9.17, 15) is 13.6 Å². The molecule has 6 nitrogen and oxygen atoms in total. The van der Waals surface area contributed by atoms with Crippen LogP contribution in [0, 0.1) is 0 Å². The summed E-state index contributed by atoms with van der Waals surface area (Å²) in [4.78, 5) is 10.9. The van der Waals surface area contributed by atoms with Gasteiger partial charge in [0.25, 0.3) is 0 Å². The number of halogens is 2. The number of ether oxygens (including phenoxy) is 2. The standard InChI is InChI=1S/C12H8F2N2O4/c1-16-8(5-7(15-16)11(17)18)6-2-3-9-10(4-6)20-12(13,14)19-9/h2-5H,1H3,(H,17,18). The Kier molecular flexibility index (Phi) is 2.43. The first kappa shape index (κ1) is 12.4. The second kappa shape index (κ2) is 3.92. The van der Waals surface area contributed by atoms with Crippen LogP contribution in [0.15, 0.2) is 24.3 Å². The molecule has 8 heteroatoms. The van der Waals surface area contributed by atoms with Crippen molar-refractivity contribution >= 4 is 5.97 Å². The summed E-state index contributed by atoms with van der Waals surface area (Å²) in [5.74, 6) is -1.34. The van der Waals surface area contributed by atoms with Crippen LogP contribution < -0.4 is 9.47 Å². The molecule has 2 aromatic rings. The molecule has 0 spiro atoms. The topological polar surface area (TPSA) is 73.6 Å². The molecule has 0 aliphatic carbocycles. The molecule has 0 unspecified atom stereocenters. The van der Waals surface area contributed by atoms with Gasteiger partial charge in [0.2, 0.25) is 0 Å². The van der Waals surface area contributed by atoms with Gasteiger partial charge in [-0.1, -0.05) is 0 Å². The van der Waals surface area contributed by atoms with Crippen molar-refractivity contribution in [3.8, 4) is 22.8 Å². The van der Waals surface area contributed by atoms with Crippen molar-refractivity contribution in [1.82, 2.24) is 9.78 Å². The normalized spacial score (nSPS) is 15.3. The van der Waals surface area contributed by atoms with Gasteiger partial charge in [0.15, 0.2) is 17.2 Å². The van der Waals surface area contributed by atoms with Crippen LogP contribution in [-0.4, -0.2) is 27.2 Å². The van der Waals surface area contributed by atoms with Crippen LogP contribution in [0.4, 0.5) is 8.78 Å². The number of aromatic carboxylic acids is 1. The zero-order valence-electron chi connectivity index (χ0n) is 10.1. The van der Waals surface area contributed by atoms with Gasteiger partial charge in [0, 0.05) is 12.6 Å². The number of fused-ring (bicyclic) bond motifs is 1. The number of aromatic nitrogens is 2. The number of aryl methyl sites for hydroxylation is 1. The van der Waals surface area contributed by atoms with E-state index in [4.69, 9.17) is 5.11 Å². The average Bonchev–Trinajstić information content (AvgIpc) is 2.86. The van der Waals surface area contributed by atoms with Crippen molar-refractivity contribution < 1.29 is 28.2 Å². The molecule has 2 heterocycles. The second-order valence-corrected chi connectivity index (χ2v) is 4.17. The SMILES string of the molecule is Cn1nc(C(=O)O)cc1-c1ccc2c(c1)OC(F)(F)O2. The summed E-state index contributed by atoms with van der Waals surface area (Å²) in [7, 11) is 1.56. The number of hydrogen-bond acceptors (Lipinski definition) is 4. The second-order valence-electron chi connectivity index (χ2n) is 4.17. The van der Waals surface area contributed by atoms with Crippen molar-refractivity contribution in [3.05, 3.63) is 30.0 Å². The minimum Gasteiger partial charge on any atom is -0.476 e. The monoisotopic (exact) mass is 282 g/mol. The summed E-state index contributed by atoms with van der Waals surface area (Å²) in [5, 5.41) is 12.7. The Morgan fingerprint density at radius 1 is 1.30 bits per heavy atom. The molecule has 1 aliphatic heterocycles. The molecule has 104 valence electrons. The van der Waals surface area contributed by atoms with Crippen molar-refractivity contribution in [2.75, 3.05) is 0 Å². The Balaban J connectivity index is 2.03. The lowest BCUT2D eigenvalue weighted by Gasteiger charge is -2.04. The van der Waals surface area contributed by atoms with Crippen molar-refractivity contribution in [2.24, 2.45) is 7.05 Å². The van der Waals surface area contributed by atoms with Gasteiger partial charge in [-0.05, 0) is 24.3 Å². The smallest absolute Gasteiger partial charge is 0.476 e. The van der Waals surface area contributed by atoms with E-state index in [1.807, 2.05) is 0 Å². The molecule has 1 N–H and O–H groups in total. The molecule has 3 rings (SSSR count). The lowest BCUT2D eigenvalue weighted by atomic mass is 10.1. The quantitative estimate of drug-likeness (QED) is 0.913. The highest BCUT2D eigenvalue weighted by Gasteiger charge is 2.43. The molecule has 1 aliphatic rings. The fourth-order valence-corrected chi connectivity index (χ4v) is 1.95. The molecule has 0 bridgehead atoms. The number of nitrogens with zero attached hydrogens (tertiary/aromatic N) is 2. The lowest BCUT2D eigenvalue weighted by molar-refractivity contribution is -0.286. The van der Waals surface area contributed by atoms with Gasteiger partial charge < -0.3 is 14.6 Å². The molecular weight excluding hydrogens is 274 g/mol. The van der Waals surface area contributed by atoms with Gasteiger partial charge in [-0.2, -0.15) is 5.10 Å². The third-order valence-corrected chi connectivity index (χ3v) is 2.80. The predicted molar refractivity (Wildman–Crippen MR) is 61.8 cm³/mol. The van der Waals surface area contributed by atoms with Gasteiger partial charge >= 0.3 is 12.3 Å². The summed E-state index contributed by atoms with van der Waals surface area (Å²) in [6, 6.07) is 5.54. The fraction of sp³-hybridized carbons (Fsp3) is 0.167. The Morgan fingerprint density at radius 3 is 2.65 bits per heavy atom. The van der Waals surface area contributed by atoms with E-state index in [1.54, 1.807) is 7.05 Å².